The maximum Gasteiger partial charge on any atom is 0.313 e. The molecule has 2 heterocycles. The molecule has 2 amide bonds. The lowest BCUT2D eigenvalue weighted by Gasteiger charge is -2.26. The average molecular weight is 426 g/mol. The maximum atomic E-state index is 12.4. The molecule has 1 atom stereocenters. The van der Waals surface area contributed by atoms with Crippen LogP contribution in [0.3, 0.4) is 0 Å². The number of carbonyl (C=O) groups is 2. The number of anilines is 1. The van der Waals surface area contributed by atoms with Gasteiger partial charge in [0.25, 0.3) is 0 Å². The number of nitrogens with zero attached hydrogens (tertiary/aromatic N) is 2. The molecule has 0 spiro atoms. The molecule has 9 nitrogen and oxygen atoms in total. The summed E-state index contributed by atoms with van der Waals surface area (Å²) in [7, 11) is 1.53. The smallest absolute Gasteiger partial charge is 0.313 e. The topological polar surface area (TPSA) is 111 Å². The quantitative estimate of drug-likeness (QED) is 0.628. The van der Waals surface area contributed by atoms with Crippen LogP contribution in [0.15, 0.2) is 47.7 Å². The fraction of sp³-hybridized carbons (Fsp3) is 0.364. The third-order valence-electron chi connectivity index (χ3n) is 4.71. The summed E-state index contributed by atoms with van der Waals surface area (Å²) in [6.07, 6.45) is 4.98. The number of hydrogen-bond acceptors (Lipinski definition) is 7. The second-order valence-corrected chi connectivity index (χ2v) is 7.63. The zero-order valence-corrected chi connectivity index (χ0v) is 17.8. The van der Waals surface area contributed by atoms with Crippen LogP contribution in [0.25, 0.3) is 0 Å². The summed E-state index contributed by atoms with van der Waals surface area (Å²) in [5.41, 5.74) is 0.624. The Bertz CT molecular complexity index is 938. The SMILES string of the molecule is COc1cc(NC(=O)C(=O)NC(C)(C)CCOc2ccncc2)ccc1C1CN=CO1. The van der Waals surface area contributed by atoms with Crippen LogP contribution in [-0.2, 0) is 14.3 Å². The Hall–Kier alpha value is -3.62. The number of rotatable bonds is 8. The summed E-state index contributed by atoms with van der Waals surface area (Å²) in [6, 6.07) is 8.63. The van der Waals surface area contributed by atoms with Crippen molar-refractivity contribution >= 4 is 23.9 Å². The Morgan fingerprint density at radius 2 is 1.97 bits per heavy atom. The van der Waals surface area contributed by atoms with Crippen molar-refractivity contribution in [2.75, 3.05) is 25.6 Å². The van der Waals surface area contributed by atoms with E-state index in [1.165, 1.54) is 13.5 Å². The van der Waals surface area contributed by atoms with E-state index in [1.54, 1.807) is 42.7 Å². The number of carbonyl (C=O) groups excluding carboxylic acids is 2. The van der Waals surface area contributed by atoms with E-state index in [0.717, 1.165) is 5.56 Å². The highest BCUT2D eigenvalue weighted by molar-refractivity contribution is 6.39. The van der Waals surface area contributed by atoms with Gasteiger partial charge >= 0.3 is 11.8 Å². The lowest BCUT2D eigenvalue weighted by molar-refractivity contribution is -0.137. The van der Waals surface area contributed by atoms with Gasteiger partial charge in [-0.25, -0.2) is 0 Å². The van der Waals surface area contributed by atoms with Crippen LogP contribution in [0.5, 0.6) is 11.5 Å². The molecular weight excluding hydrogens is 400 g/mol. The van der Waals surface area contributed by atoms with E-state index >= 15 is 0 Å². The van der Waals surface area contributed by atoms with Gasteiger partial charge in [-0.3, -0.25) is 19.6 Å². The van der Waals surface area contributed by atoms with E-state index in [9.17, 15) is 9.59 Å². The number of pyridine rings is 1. The molecule has 2 aromatic rings. The standard InChI is InChI=1S/C22H26N4O5/c1-22(2,8-11-30-16-6-9-23-10-7-16)26-21(28)20(27)25-15-4-5-17(18(12-15)29-3)19-13-24-14-31-19/h4-7,9-10,12,14,19H,8,11,13H2,1-3H3,(H,25,27)(H,26,28). The Morgan fingerprint density at radius 3 is 2.65 bits per heavy atom. The molecule has 0 radical (unpaired) electrons. The van der Waals surface area contributed by atoms with E-state index < -0.39 is 17.4 Å². The molecule has 0 bridgehead atoms. The number of methoxy groups -OCH3 is 1. The molecule has 1 aromatic carbocycles. The molecule has 3 rings (SSSR count). The molecule has 1 aromatic heterocycles. The minimum Gasteiger partial charge on any atom is -0.496 e. The molecular formula is C22H26N4O5. The number of benzene rings is 1. The second kappa shape index (κ2) is 9.92. The Balaban J connectivity index is 1.52. The second-order valence-electron chi connectivity index (χ2n) is 7.63. The number of amides is 2. The third kappa shape index (κ3) is 6.18. The molecule has 164 valence electrons. The summed E-state index contributed by atoms with van der Waals surface area (Å²) in [6.45, 7) is 4.54. The first-order chi connectivity index (χ1) is 14.9. The van der Waals surface area contributed by atoms with Crippen LogP contribution >= 0.6 is 0 Å². The molecule has 1 aliphatic rings. The van der Waals surface area contributed by atoms with Gasteiger partial charge in [-0.1, -0.05) is 0 Å². The highest BCUT2D eigenvalue weighted by Crippen LogP contribution is 2.31. The van der Waals surface area contributed by atoms with E-state index in [0.29, 0.717) is 36.8 Å². The van der Waals surface area contributed by atoms with Gasteiger partial charge in [0, 0.05) is 41.7 Å². The van der Waals surface area contributed by atoms with Crippen molar-refractivity contribution < 1.29 is 23.8 Å². The normalized spacial score (nSPS) is 15.1. The van der Waals surface area contributed by atoms with E-state index in [-0.39, 0.29) is 6.10 Å². The lowest BCUT2D eigenvalue weighted by Crippen LogP contribution is -2.48. The molecule has 1 aliphatic heterocycles. The molecule has 0 fully saturated rings. The van der Waals surface area contributed by atoms with Gasteiger partial charge in [0.2, 0.25) is 0 Å². The summed E-state index contributed by atoms with van der Waals surface area (Å²) < 4.78 is 16.4. The van der Waals surface area contributed by atoms with Crippen LogP contribution in [0.2, 0.25) is 0 Å². The van der Waals surface area contributed by atoms with Crippen molar-refractivity contribution in [3.63, 3.8) is 0 Å². The first-order valence-corrected chi connectivity index (χ1v) is 9.86. The number of aliphatic imine (C=N–C) groups is 1. The molecule has 9 heteroatoms. The zero-order chi connectivity index (χ0) is 22.3. The Labute approximate surface area is 180 Å². The van der Waals surface area contributed by atoms with Gasteiger partial charge in [-0.05, 0) is 38.1 Å². The highest BCUT2D eigenvalue weighted by atomic mass is 16.5. The van der Waals surface area contributed by atoms with Crippen LogP contribution in [-0.4, -0.2) is 49.0 Å². The van der Waals surface area contributed by atoms with Crippen LogP contribution in [0.1, 0.15) is 31.9 Å². The van der Waals surface area contributed by atoms with E-state index in [1.807, 2.05) is 13.8 Å². The van der Waals surface area contributed by atoms with Gasteiger partial charge in [-0.15, -0.1) is 0 Å². The zero-order valence-electron chi connectivity index (χ0n) is 17.8. The lowest BCUT2D eigenvalue weighted by atomic mass is 10.0. The molecule has 31 heavy (non-hydrogen) atoms. The van der Waals surface area contributed by atoms with Gasteiger partial charge < -0.3 is 24.8 Å². The van der Waals surface area contributed by atoms with Crippen molar-refractivity contribution in [1.82, 2.24) is 10.3 Å². The summed E-state index contributed by atoms with van der Waals surface area (Å²) in [5.74, 6) is -0.257. The molecule has 0 aliphatic carbocycles. The maximum absolute atomic E-state index is 12.4. The molecule has 2 N–H and O–H groups in total. The Kier molecular flexibility index (Phi) is 7.07. The number of hydrogen-bond donors (Lipinski definition) is 2. The summed E-state index contributed by atoms with van der Waals surface area (Å²) in [5, 5.41) is 5.33. The molecule has 0 saturated carbocycles. The highest BCUT2D eigenvalue weighted by Gasteiger charge is 2.25. The number of aromatic nitrogens is 1. The van der Waals surface area contributed by atoms with Crippen LogP contribution in [0.4, 0.5) is 5.69 Å². The fourth-order valence-electron chi connectivity index (χ4n) is 3.00. The Morgan fingerprint density at radius 1 is 1.19 bits per heavy atom. The van der Waals surface area contributed by atoms with Crippen molar-refractivity contribution in [2.45, 2.75) is 31.9 Å². The van der Waals surface area contributed by atoms with Gasteiger partial charge in [0.05, 0.1) is 20.3 Å². The van der Waals surface area contributed by atoms with E-state index in [4.69, 9.17) is 14.2 Å². The first-order valence-electron chi connectivity index (χ1n) is 9.86. The predicted octanol–water partition coefficient (Wildman–Crippen LogP) is 2.49. The molecule has 0 saturated heterocycles. The van der Waals surface area contributed by atoms with Crippen molar-refractivity contribution in [2.24, 2.45) is 4.99 Å². The predicted molar refractivity (Wildman–Crippen MR) is 115 cm³/mol. The van der Waals surface area contributed by atoms with Crippen molar-refractivity contribution in [3.05, 3.63) is 48.3 Å². The summed E-state index contributed by atoms with van der Waals surface area (Å²) >= 11 is 0. The van der Waals surface area contributed by atoms with E-state index in [2.05, 4.69) is 20.6 Å². The van der Waals surface area contributed by atoms with Crippen molar-refractivity contribution in [1.29, 1.82) is 0 Å². The average Bonchev–Trinajstić information content (AvgIpc) is 3.28. The van der Waals surface area contributed by atoms with Crippen LogP contribution < -0.4 is 20.1 Å². The van der Waals surface area contributed by atoms with Crippen LogP contribution in [0, 0.1) is 0 Å². The first kappa shape index (κ1) is 22.1. The van der Waals surface area contributed by atoms with Crippen molar-refractivity contribution in [3.8, 4) is 11.5 Å². The minimum atomic E-state index is -0.765. The third-order valence-corrected chi connectivity index (χ3v) is 4.71. The largest absolute Gasteiger partial charge is 0.496 e. The monoisotopic (exact) mass is 426 g/mol. The van der Waals surface area contributed by atoms with Gasteiger partial charge in [-0.2, -0.15) is 0 Å². The molecule has 1 unspecified atom stereocenters. The van der Waals surface area contributed by atoms with Gasteiger partial charge in [0.15, 0.2) is 6.40 Å². The summed E-state index contributed by atoms with van der Waals surface area (Å²) in [4.78, 5) is 32.7. The number of nitrogens with one attached hydrogen (secondary N) is 2. The fourth-order valence-corrected chi connectivity index (χ4v) is 3.00. The van der Waals surface area contributed by atoms with Gasteiger partial charge in [0.1, 0.15) is 17.6 Å². The minimum absolute atomic E-state index is 0.224. The number of ether oxygens (including phenoxy) is 3.